The number of amides is 1. The van der Waals surface area contributed by atoms with Crippen molar-refractivity contribution in [2.24, 2.45) is 0 Å². The number of carbonyl (C=O) groups excluding carboxylic acids is 1. The van der Waals surface area contributed by atoms with Crippen LogP contribution >= 0.6 is 0 Å². The number of anilines is 1. The van der Waals surface area contributed by atoms with Gasteiger partial charge in [-0.05, 0) is 25.1 Å². The van der Waals surface area contributed by atoms with E-state index in [1.165, 1.54) is 12.3 Å². The summed E-state index contributed by atoms with van der Waals surface area (Å²) in [4.78, 5) is 24.6. The molecule has 1 amide bonds. The minimum Gasteiger partial charge on any atom is -0.449 e. The van der Waals surface area contributed by atoms with E-state index in [1.54, 1.807) is 18.2 Å². The second kappa shape index (κ2) is 6.91. The SMILES string of the molecule is C[C@@H]1CNc2c(oc3ccc4nc(Oc5ccnc(S(C)(=O)=O)n5)ccc4c23)C(=O)N1. The first-order valence-electron chi connectivity index (χ1n) is 9.41. The topological polar surface area (TPSA) is 136 Å². The van der Waals surface area contributed by atoms with E-state index in [-0.39, 0.29) is 34.6 Å². The van der Waals surface area contributed by atoms with Gasteiger partial charge in [0.15, 0.2) is 0 Å². The van der Waals surface area contributed by atoms with Crippen LogP contribution in [0.25, 0.3) is 21.9 Å². The number of nitrogens with one attached hydrogen (secondary N) is 2. The van der Waals surface area contributed by atoms with Crippen LogP contribution in [0, 0.1) is 0 Å². The first-order chi connectivity index (χ1) is 14.8. The molecule has 5 rings (SSSR count). The van der Waals surface area contributed by atoms with Crippen LogP contribution in [0.15, 0.2) is 46.1 Å². The third-order valence-corrected chi connectivity index (χ3v) is 5.67. The summed E-state index contributed by atoms with van der Waals surface area (Å²) in [6, 6.07) is 8.36. The van der Waals surface area contributed by atoms with E-state index >= 15 is 0 Å². The van der Waals surface area contributed by atoms with Crippen LogP contribution in [-0.2, 0) is 9.84 Å². The van der Waals surface area contributed by atoms with Crippen molar-refractivity contribution in [2.75, 3.05) is 18.1 Å². The fraction of sp³-hybridized carbons (Fsp3) is 0.200. The summed E-state index contributed by atoms with van der Waals surface area (Å²) in [5, 5.41) is 7.37. The summed E-state index contributed by atoms with van der Waals surface area (Å²) in [5.74, 6) is 0.267. The minimum absolute atomic E-state index is 0.0389. The lowest BCUT2D eigenvalue weighted by Crippen LogP contribution is -2.34. The Labute approximate surface area is 176 Å². The molecule has 1 aliphatic rings. The van der Waals surface area contributed by atoms with Crippen LogP contribution in [0.1, 0.15) is 17.5 Å². The Kier molecular flexibility index (Phi) is 4.29. The van der Waals surface area contributed by atoms with Crippen molar-refractivity contribution in [1.29, 1.82) is 0 Å². The van der Waals surface area contributed by atoms with Crippen LogP contribution in [0.5, 0.6) is 11.8 Å². The molecule has 31 heavy (non-hydrogen) atoms. The monoisotopic (exact) mass is 439 g/mol. The van der Waals surface area contributed by atoms with Gasteiger partial charge in [0.2, 0.25) is 32.5 Å². The quantitative estimate of drug-likeness (QED) is 0.461. The molecule has 0 spiro atoms. The Balaban J connectivity index is 1.57. The molecule has 0 aliphatic carbocycles. The number of carbonyl (C=O) groups is 1. The maximum absolute atomic E-state index is 12.4. The predicted molar refractivity (Wildman–Crippen MR) is 112 cm³/mol. The molecule has 3 aromatic heterocycles. The normalized spacial score (nSPS) is 16.5. The van der Waals surface area contributed by atoms with E-state index in [9.17, 15) is 13.2 Å². The highest BCUT2D eigenvalue weighted by Gasteiger charge is 2.26. The lowest BCUT2D eigenvalue weighted by atomic mass is 10.1. The summed E-state index contributed by atoms with van der Waals surface area (Å²) in [5.41, 5.74) is 1.82. The summed E-state index contributed by atoms with van der Waals surface area (Å²) in [7, 11) is -3.56. The van der Waals surface area contributed by atoms with Crippen LogP contribution < -0.4 is 15.4 Å². The summed E-state index contributed by atoms with van der Waals surface area (Å²) in [6.45, 7) is 2.47. The van der Waals surface area contributed by atoms with Gasteiger partial charge in [0.05, 0.1) is 16.6 Å². The maximum Gasteiger partial charge on any atom is 0.289 e. The average molecular weight is 439 g/mol. The zero-order valence-corrected chi connectivity index (χ0v) is 17.4. The van der Waals surface area contributed by atoms with Gasteiger partial charge >= 0.3 is 0 Å². The van der Waals surface area contributed by atoms with Gasteiger partial charge in [-0.1, -0.05) is 0 Å². The Hall–Kier alpha value is -3.73. The molecule has 0 saturated heterocycles. The number of furan rings is 1. The van der Waals surface area contributed by atoms with E-state index in [0.717, 1.165) is 17.0 Å². The zero-order chi connectivity index (χ0) is 21.8. The fourth-order valence-corrected chi connectivity index (χ4v) is 3.94. The van der Waals surface area contributed by atoms with Crippen molar-refractivity contribution >= 4 is 43.3 Å². The molecule has 0 bridgehead atoms. The third kappa shape index (κ3) is 3.42. The Morgan fingerprint density at radius 1 is 1.13 bits per heavy atom. The Bertz CT molecular complexity index is 1460. The molecule has 158 valence electrons. The number of hydrogen-bond donors (Lipinski definition) is 2. The number of hydrogen-bond acceptors (Lipinski definition) is 9. The number of aromatic nitrogens is 3. The molecule has 1 aliphatic heterocycles. The molecular formula is C20H17N5O5S. The molecule has 0 radical (unpaired) electrons. The van der Waals surface area contributed by atoms with E-state index in [1.807, 2.05) is 13.0 Å². The van der Waals surface area contributed by atoms with E-state index in [0.29, 0.717) is 23.3 Å². The van der Waals surface area contributed by atoms with Crippen molar-refractivity contribution < 1.29 is 22.4 Å². The molecule has 0 saturated carbocycles. The maximum atomic E-state index is 12.4. The molecule has 11 heteroatoms. The number of benzene rings is 1. The molecule has 4 aromatic rings. The van der Waals surface area contributed by atoms with Gasteiger partial charge in [-0.25, -0.2) is 18.4 Å². The van der Waals surface area contributed by atoms with Crippen molar-refractivity contribution in [3.8, 4) is 11.8 Å². The molecule has 0 unspecified atom stereocenters. The van der Waals surface area contributed by atoms with Gasteiger partial charge in [0.25, 0.3) is 5.91 Å². The van der Waals surface area contributed by atoms with Crippen molar-refractivity contribution in [2.45, 2.75) is 18.1 Å². The van der Waals surface area contributed by atoms with Gasteiger partial charge in [0.1, 0.15) is 5.58 Å². The molecule has 10 nitrogen and oxygen atoms in total. The second-order valence-corrected chi connectivity index (χ2v) is 9.18. The highest BCUT2D eigenvalue weighted by Crippen LogP contribution is 2.37. The summed E-state index contributed by atoms with van der Waals surface area (Å²) < 4.78 is 34.8. The Morgan fingerprint density at radius 3 is 2.74 bits per heavy atom. The largest absolute Gasteiger partial charge is 0.449 e. The first-order valence-corrected chi connectivity index (χ1v) is 11.3. The highest BCUT2D eigenvalue weighted by molar-refractivity contribution is 7.90. The van der Waals surface area contributed by atoms with E-state index in [4.69, 9.17) is 9.15 Å². The molecule has 4 heterocycles. The van der Waals surface area contributed by atoms with Crippen molar-refractivity contribution in [1.82, 2.24) is 20.3 Å². The van der Waals surface area contributed by atoms with Crippen molar-refractivity contribution in [3.63, 3.8) is 0 Å². The van der Waals surface area contributed by atoms with Crippen LogP contribution in [-0.4, -0.2) is 48.1 Å². The van der Waals surface area contributed by atoms with Crippen LogP contribution in [0.4, 0.5) is 5.69 Å². The first kappa shape index (κ1) is 19.2. The number of rotatable bonds is 3. The van der Waals surface area contributed by atoms with E-state index in [2.05, 4.69) is 25.6 Å². The van der Waals surface area contributed by atoms with Crippen molar-refractivity contribution in [3.05, 3.63) is 42.3 Å². The number of pyridine rings is 1. The van der Waals surface area contributed by atoms with Gasteiger partial charge in [-0.3, -0.25) is 4.79 Å². The smallest absolute Gasteiger partial charge is 0.289 e. The zero-order valence-electron chi connectivity index (χ0n) is 16.5. The summed E-state index contributed by atoms with van der Waals surface area (Å²) >= 11 is 0. The predicted octanol–water partition coefficient (Wildman–Crippen LogP) is 2.51. The minimum atomic E-state index is -3.56. The van der Waals surface area contributed by atoms with Crippen LogP contribution in [0.2, 0.25) is 0 Å². The van der Waals surface area contributed by atoms with E-state index < -0.39 is 9.84 Å². The number of ether oxygens (including phenoxy) is 1. The molecule has 1 atom stereocenters. The van der Waals surface area contributed by atoms with Gasteiger partial charge < -0.3 is 19.8 Å². The number of sulfone groups is 1. The third-order valence-electron chi connectivity index (χ3n) is 4.81. The lowest BCUT2D eigenvalue weighted by Gasteiger charge is -2.10. The standard InChI is InChI=1S/C20H17N5O5S/c1-10-9-22-17-16-11-3-6-14(30-15-7-8-21-20(25-15)31(2,27)28)24-12(11)4-5-13(16)29-18(17)19(26)23-10/h3-8,10,22H,9H2,1-2H3,(H,23,26)/t10-/m1/s1. The van der Waals surface area contributed by atoms with Gasteiger partial charge in [-0.15, -0.1) is 0 Å². The fourth-order valence-electron chi connectivity index (χ4n) is 3.43. The van der Waals surface area contributed by atoms with Gasteiger partial charge in [0, 0.05) is 42.6 Å². The molecule has 0 fully saturated rings. The van der Waals surface area contributed by atoms with Gasteiger partial charge in [-0.2, -0.15) is 4.98 Å². The van der Waals surface area contributed by atoms with Crippen LogP contribution in [0.3, 0.4) is 0 Å². The molecule has 1 aromatic carbocycles. The highest BCUT2D eigenvalue weighted by atomic mass is 32.2. The second-order valence-electron chi connectivity index (χ2n) is 7.27. The summed E-state index contributed by atoms with van der Waals surface area (Å²) in [6.07, 6.45) is 2.33. The number of nitrogens with zero attached hydrogens (tertiary/aromatic N) is 3. The number of fused-ring (bicyclic) bond motifs is 5. The molecular weight excluding hydrogens is 422 g/mol. The molecule has 2 N–H and O–H groups in total. The average Bonchev–Trinajstić information content (AvgIpc) is 3.04. The Morgan fingerprint density at radius 2 is 1.94 bits per heavy atom. The lowest BCUT2D eigenvalue weighted by molar-refractivity contribution is 0.0920.